The highest BCUT2D eigenvalue weighted by Gasteiger charge is 2.55. The molecule has 0 spiro atoms. The van der Waals surface area contributed by atoms with Crippen LogP contribution in [0.5, 0.6) is 0 Å². The molecule has 0 aromatic heterocycles. The van der Waals surface area contributed by atoms with E-state index < -0.39 is 0 Å². The van der Waals surface area contributed by atoms with Crippen LogP contribution in [-0.2, 0) is 10.2 Å². The molecular formula is C19H25FN2O. The lowest BCUT2D eigenvalue weighted by molar-refractivity contribution is -0.135. The molecule has 3 fully saturated rings. The Bertz CT molecular complexity index is 596. The molecule has 2 saturated heterocycles. The van der Waals surface area contributed by atoms with Gasteiger partial charge in [0.05, 0.1) is 5.41 Å². The van der Waals surface area contributed by atoms with E-state index in [2.05, 4.69) is 16.8 Å². The molecule has 1 saturated carbocycles. The molecule has 0 radical (unpaired) electrons. The third-order valence-electron chi connectivity index (χ3n) is 6.14. The zero-order chi connectivity index (χ0) is 16.0. The Kier molecular flexibility index (Phi) is 3.67. The van der Waals surface area contributed by atoms with Crippen molar-refractivity contribution in [1.29, 1.82) is 0 Å². The average molecular weight is 316 g/mol. The van der Waals surface area contributed by atoms with E-state index in [4.69, 9.17) is 0 Å². The van der Waals surface area contributed by atoms with Crippen LogP contribution in [0.15, 0.2) is 24.3 Å². The van der Waals surface area contributed by atoms with Gasteiger partial charge in [-0.05, 0) is 69.8 Å². The summed E-state index contributed by atoms with van der Waals surface area (Å²) in [6.45, 7) is 2.03. The van der Waals surface area contributed by atoms with Crippen LogP contribution in [-0.4, -0.2) is 47.9 Å². The molecular weight excluding hydrogens is 291 g/mol. The number of likely N-dealkylation sites (tertiary alicyclic amines) is 2. The van der Waals surface area contributed by atoms with E-state index in [1.165, 1.54) is 25.0 Å². The van der Waals surface area contributed by atoms with Gasteiger partial charge in [-0.1, -0.05) is 12.1 Å². The SMILES string of the molecule is CN1CCC[C@H]1[C@H]1CCCN1C(=O)C1(c2ccc(F)cc2)CC1. The maximum Gasteiger partial charge on any atom is 0.233 e. The lowest BCUT2D eigenvalue weighted by Gasteiger charge is -2.35. The van der Waals surface area contributed by atoms with Gasteiger partial charge in [0.2, 0.25) is 5.91 Å². The van der Waals surface area contributed by atoms with E-state index in [9.17, 15) is 9.18 Å². The van der Waals surface area contributed by atoms with Gasteiger partial charge in [-0.15, -0.1) is 0 Å². The van der Waals surface area contributed by atoms with Crippen molar-refractivity contribution in [3.8, 4) is 0 Å². The Morgan fingerprint density at radius 2 is 1.74 bits per heavy atom. The third-order valence-corrected chi connectivity index (χ3v) is 6.14. The Hall–Kier alpha value is -1.42. The number of nitrogens with zero attached hydrogens (tertiary/aromatic N) is 2. The lowest BCUT2D eigenvalue weighted by Crippen LogP contribution is -2.50. The lowest BCUT2D eigenvalue weighted by atomic mass is 9.93. The molecule has 124 valence electrons. The average Bonchev–Trinajstić information content (AvgIpc) is 3.02. The van der Waals surface area contributed by atoms with E-state index >= 15 is 0 Å². The van der Waals surface area contributed by atoms with Gasteiger partial charge in [-0.25, -0.2) is 4.39 Å². The van der Waals surface area contributed by atoms with E-state index in [-0.39, 0.29) is 17.1 Å². The molecule has 0 N–H and O–H groups in total. The normalized spacial score (nSPS) is 29.9. The Morgan fingerprint density at radius 3 is 2.35 bits per heavy atom. The van der Waals surface area contributed by atoms with Gasteiger partial charge in [0.1, 0.15) is 5.82 Å². The molecule has 2 aliphatic heterocycles. The summed E-state index contributed by atoms with van der Waals surface area (Å²) in [5, 5.41) is 0. The molecule has 3 aliphatic rings. The van der Waals surface area contributed by atoms with Crippen LogP contribution in [0.3, 0.4) is 0 Å². The van der Waals surface area contributed by atoms with Crippen molar-refractivity contribution in [2.45, 2.75) is 56.0 Å². The highest BCUT2D eigenvalue weighted by atomic mass is 19.1. The van der Waals surface area contributed by atoms with Crippen LogP contribution in [0, 0.1) is 5.82 Å². The monoisotopic (exact) mass is 316 g/mol. The summed E-state index contributed by atoms with van der Waals surface area (Å²) in [4.78, 5) is 17.9. The fourth-order valence-electron chi connectivity index (χ4n) is 4.66. The molecule has 4 heteroatoms. The van der Waals surface area contributed by atoms with Crippen LogP contribution < -0.4 is 0 Å². The summed E-state index contributed by atoms with van der Waals surface area (Å²) in [6, 6.07) is 7.45. The molecule has 2 heterocycles. The van der Waals surface area contributed by atoms with Gasteiger partial charge in [-0.3, -0.25) is 4.79 Å². The Balaban J connectivity index is 1.57. The van der Waals surface area contributed by atoms with Gasteiger partial charge in [0.15, 0.2) is 0 Å². The summed E-state index contributed by atoms with van der Waals surface area (Å²) in [6.07, 6.45) is 6.49. The number of hydrogen-bond acceptors (Lipinski definition) is 2. The number of halogens is 1. The van der Waals surface area contributed by atoms with Gasteiger partial charge in [-0.2, -0.15) is 0 Å². The minimum atomic E-state index is -0.368. The van der Waals surface area contributed by atoms with Crippen molar-refractivity contribution >= 4 is 5.91 Å². The van der Waals surface area contributed by atoms with Crippen LogP contribution in [0.4, 0.5) is 4.39 Å². The molecule has 1 aromatic carbocycles. The van der Waals surface area contributed by atoms with Crippen LogP contribution in [0.1, 0.15) is 44.1 Å². The number of rotatable bonds is 3. The molecule has 4 rings (SSSR count). The van der Waals surface area contributed by atoms with Crippen LogP contribution in [0.25, 0.3) is 0 Å². The Labute approximate surface area is 137 Å². The molecule has 0 bridgehead atoms. The van der Waals surface area contributed by atoms with Gasteiger partial charge >= 0.3 is 0 Å². The number of carbonyl (C=O) groups excluding carboxylic acids is 1. The quantitative estimate of drug-likeness (QED) is 0.856. The summed E-state index contributed by atoms with van der Waals surface area (Å²) >= 11 is 0. The zero-order valence-corrected chi connectivity index (χ0v) is 13.8. The van der Waals surface area contributed by atoms with Crippen molar-refractivity contribution in [2.75, 3.05) is 20.1 Å². The molecule has 1 aromatic rings. The second-order valence-corrected chi connectivity index (χ2v) is 7.49. The number of carbonyl (C=O) groups is 1. The first kappa shape index (κ1) is 15.1. The standard InChI is InChI=1S/C19H25FN2O/c1-21-12-2-4-16(21)17-5-3-13-22(17)18(23)19(10-11-19)14-6-8-15(20)9-7-14/h6-9,16-17H,2-5,10-13H2,1H3/t16-,17+/m0/s1. The van der Waals surface area contributed by atoms with E-state index in [0.29, 0.717) is 12.1 Å². The zero-order valence-electron chi connectivity index (χ0n) is 13.8. The first-order chi connectivity index (χ1) is 11.1. The predicted octanol–water partition coefficient (Wildman–Crippen LogP) is 2.94. The smallest absolute Gasteiger partial charge is 0.233 e. The minimum absolute atomic E-state index is 0.233. The fraction of sp³-hybridized carbons (Fsp3) is 0.632. The summed E-state index contributed by atoms with van der Waals surface area (Å²) in [7, 11) is 2.19. The Morgan fingerprint density at radius 1 is 1.09 bits per heavy atom. The summed E-state index contributed by atoms with van der Waals surface area (Å²) in [5.41, 5.74) is 0.627. The minimum Gasteiger partial charge on any atom is -0.337 e. The molecule has 1 amide bonds. The molecule has 23 heavy (non-hydrogen) atoms. The maximum atomic E-state index is 13.3. The summed E-state index contributed by atoms with van der Waals surface area (Å²) < 4.78 is 13.2. The second kappa shape index (κ2) is 5.59. The van der Waals surface area contributed by atoms with Crippen LogP contribution >= 0.6 is 0 Å². The van der Waals surface area contributed by atoms with Crippen molar-refractivity contribution in [3.63, 3.8) is 0 Å². The first-order valence-electron chi connectivity index (χ1n) is 8.89. The summed E-state index contributed by atoms with van der Waals surface area (Å²) in [5.74, 6) is 0.0514. The van der Waals surface area contributed by atoms with Crippen molar-refractivity contribution < 1.29 is 9.18 Å². The molecule has 1 aliphatic carbocycles. The van der Waals surface area contributed by atoms with Gasteiger partial charge in [0.25, 0.3) is 0 Å². The maximum absolute atomic E-state index is 13.3. The fourth-order valence-corrected chi connectivity index (χ4v) is 4.66. The predicted molar refractivity (Wildman–Crippen MR) is 87.7 cm³/mol. The van der Waals surface area contributed by atoms with E-state index in [0.717, 1.165) is 44.3 Å². The highest BCUT2D eigenvalue weighted by Crippen LogP contribution is 2.50. The largest absolute Gasteiger partial charge is 0.337 e. The number of hydrogen-bond donors (Lipinski definition) is 0. The van der Waals surface area contributed by atoms with Crippen LogP contribution in [0.2, 0.25) is 0 Å². The van der Waals surface area contributed by atoms with Crippen molar-refractivity contribution in [3.05, 3.63) is 35.6 Å². The van der Waals surface area contributed by atoms with Gasteiger partial charge in [0, 0.05) is 18.6 Å². The molecule has 0 unspecified atom stereocenters. The number of likely N-dealkylation sites (N-methyl/N-ethyl adjacent to an activating group) is 1. The van der Waals surface area contributed by atoms with Crippen molar-refractivity contribution in [2.24, 2.45) is 0 Å². The second-order valence-electron chi connectivity index (χ2n) is 7.49. The first-order valence-corrected chi connectivity index (χ1v) is 8.89. The van der Waals surface area contributed by atoms with E-state index in [1.54, 1.807) is 12.1 Å². The number of amides is 1. The molecule has 2 atom stereocenters. The third kappa shape index (κ3) is 2.47. The topological polar surface area (TPSA) is 23.6 Å². The molecule has 3 nitrogen and oxygen atoms in total. The van der Waals surface area contributed by atoms with E-state index in [1.807, 2.05) is 0 Å². The highest BCUT2D eigenvalue weighted by molar-refractivity contribution is 5.91. The van der Waals surface area contributed by atoms with Gasteiger partial charge < -0.3 is 9.80 Å². The van der Waals surface area contributed by atoms with Crippen molar-refractivity contribution in [1.82, 2.24) is 9.80 Å². The number of benzene rings is 1.